The lowest BCUT2D eigenvalue weighted by atomic mass is 10.0. The van der Waals surface area contributed by atoms with E-state index < -0.39 is 0 Å². The molecule has 0 amide bonds. The first-order valence-electron chi connectivity index (χ1n) is 5.29. The fraction of sp³-hybridized carbons (Fsp3) is 0.0714. The van der Waals surface area contributed by atoms with Crippen LogP contribution in [0, 0.1) is 0 Å². The van der Waals surface area contributed by atoms with Crippen molar-refractivity contribution in [2.45, 2.75) is 6.42 Å². The summed E-state index contributed by atoms with van der Waals surface area (Å²) in [4.78, 5) is 12.2. The lowest BCUT2D eigenvalue weighted by Crippen LogP contribution is -2.05. The number of hydrogen-bond acceptors (Lipinski definition) is 1. The van der Waals surface area contributed by atoms with Crippen molar-refractivity contribution in [3.63, 3.8) is 0 Å². The van der Waals surface area contributed by atoms with Crippen molar-refractivity contribution < 1.29 is 4.79 Å². The van der Waals surface area contributed by atoms with E-state index >= 15 is 0 Å². The zero-order valence-corrected chi connectivity index (χ0v) is 12.4. The summed E-state index contributed by atoms with van der Waals surface area (Å²) in [6, 6.07) is 12.5. The van der Waals surface area contributed by atoms with Gasteiger partial charge in [0.25, 0.3) is 0 Å². The fourth-order valence-corrected chi connectivity index (χ4v) is 2.46. The van der Waals surface area contributed by atoms with Crippen LogP contribution in [0.1, 0.15) is 15.9 Å². The zero-order chi connectivity index (χ0) is 13.1. The number of carbonyl (C=O) groups is 1. The predicted octanol–water partition coefficient (Wildman–Crippen LogP) is 5.18. The molecular formula is C14H9BrCl2O. The van der Waals surface area contributed by atoms with Crippen LogP contribution in [0.5, 0.6) is 0 Å². The van der Waals surface area contributed by atoms with Gasteiger partial charge in [-0.25, -0.2) is 0 Å². The van der Waals surface area contributed by atoms with Crippen molar-refractivity contribution in [1.29, 1.82) is 0 Å². The Morgan fingerprint density at radius 3 is 2.56 bits per heavy atom. The summed E-state index contributed by atoms with van der Waals surface area (Å²) >= 11 is 15.3. The molecule has 2 aromatic rings. The minimum absolute atomic E-state index is 0.0162. The SMILES string of the molecule is O=C(Cc1ccccc1Cl)c1cc(Cl)ccc1Br. The van der Waals surface area contributed by atoms with Gasteiger partial charge in [0.05, 0.1) is 0 Å². The Bertz CT molecular complexity index is 596. The summed E-state index contributed by atoms with van der Waals surface area (Å²) in [5.74, 6) is -0.0162. The Hall–Kier alpha value is -0.830. The van der Waals surface area contributed by atoms with Crippen LogP contribution in [-0.2, 0) is 6.42 Å². The highest BCUT2D eigenvalue weighted by Crippen LogP contribution is 2.24. The number of hydrogen-bond donors (Lipinski definition) is 0. The van der Waals surface area contributed by atoms with Crippen LogP contribution in [0.15, 0.2) is 46.9 Å². The van der Waals surface area contributed by atoms with Gasteiger partial charge in [0.1, 0.15) is 0 Å². The quantitative estimate of drug-likeness (QED) is 0.701. The van der Waals surface area contributed by atoms with E-state index in [1.807, 2.05) is 18.2 Å². The smallest absolute Gasteiger partial charge is 0.168 e. The highest BCUT2D eigenvalue weighted by Gasteiger charge is 2.12. The van der Waals surface area contributed by atoms with Crippen LogP contribution in [-0.4, -0.2) is 5.78 Å². The summed E-state index contributed by atoms with van der Waals surface area (Å²) in [6.45, 7) is 0. The maximum absolute atomic E-state index is 12.2. The lowest BCUT2D eigenvalue weighted by molar-refractivity contribution is 0.0992. The van der Waals surface area contributed by atoms with Crippen LogP contribution in [0.4, 0.5) is 0 Å². The molecule has 0 aliphatic carbocycles. The Balaban J connectivity index is 2.28. The molecule has 0 saturated carbocycles. The highest BCUT2D eigenvalue weighted by molar-refractivity contribution is 9.10. The summed E-state index contributed by atoms with van der Waals surface area (Å²) in [6.07, 6.45) is 0.263. The van der Waals surface area contributed by atoms with Crippen LogP contribution in [0.2, 0.25) is 10.0 Å². The topological polar surface area (TPSA) is 17.1 Å². The lowest BCUT2D eigenvalue weighted by Gasteiger charge is -2.06. The molecule has 92 valence electrons. The van der Waals surface area contributed by atoms with Crippen molar-refractivity contribution in [1.82, 2.24) is 0 Å². The summed E-state index contributed by atoms with van der Waals surface area (Å²) in [7, 11) is 0. The van der Waals surface area contributed by atoms with Gasteiger partial charge in [-0.1, -0.05) is 57.3 Å². The average Bonchev–Trinajstić information content (AvgIpc) is 2.35. The van der Waals surface area contributed by atoms with E-state index in [4.69, 9.17) is 23.2 Å². The number of halogens is 3. The van der Waals surface area contributed by atoms with Gasteiger partial charge in [-0.2, -0.15) is 0 Å². The molecule has 0 saturated heterocycles. The Morgan fingerprint density at radius 2 is 1.83 bits per heavy atom. The van der Waals surface area contributed by atoms with Gasteiger partial charge in [0.2, 0.25) is 0 Å². The first-order valence-corrected chi connectivity index (χ1v) is 6.84. The molecule has 0 heterocycles. The molecule has 2 rings (SSSR count). The van der Waals surface area contributed by atoms with Crippen LogP contribution >= 0.6 is 39.1 Å². The zero-order valence-electron chi connectivity index (χ0n) is 9.29. The van der Waals surface area contributed by atoms with E-state index in [2.05, 4.69) is 15.9 Å². The summed E-state index contributed by atoms with van der Waals surface area (Å²) < 4.78 is 0.740. The largest absolute Gasteiger partial charge is 0.294 e. The fourth-order valence-electron chi connectivity index (χ4n) is 1.62. The molecule has 18 heavy (non-hydrogen) atoms. The predicted molar refractivity (Wildman–Crippen MR) is 78.6 cm³/mol. The first-order chi connectivity index (χ1) is 8.58. The molecule has 0 aliphatic heterocycles. The summed E-state index contributed by atoms with van der Waals surface area (Å²) in [5.41, 5.74) is 1.39. The molecule has 0 N–H and O–H groups in total. The standard InChI is InChI=1S/C14H9BrCl2O/c15-12-6-5-10(16)8-11(12)14(18)7-9-3-1-2-4-13(9)17/h1-6,8H,7H2. The van der Waals surface area contributed by atoms with Crippen molar-refractivity contribution >= 4 is 44.9 Å². The molecule has 4 heteroatoms. The molecular weight excluding hydrogens is 335 g/mol. The third-order valence-electron chi connectivity index (χ3n) is 2.54. The second-order valence-electron chi connectivity index (χ2n) is 3.82. The van der Waals surface area contributed by atoms with E-state index in [1.54, 1.807) is 24.3 Å². The van der Waals surface area contributed by atoms with Crippen LogP contribution in [0.3, 0.4) is 0 Å². The Kier molecular flexibility index (Phi) is 4.44. The number of rotatable bonds is 3. The molecule has 0 fully saturated rings. The highest BCUT2D eigenvalue weighted by atomic mass is 79.9. The maximum atomic E-state index is 12.2. The third-order valence-corrected chi connectivity index (χ3v) is 3.83. The van der Waals surface area contributed by atoms with Gasteiger partial charge in [-0.05, 0) is 29.8 Å². The molecule has 1 nitrogen and oxygen atoms in total. The van der Waals surface area contributed by atoms with E-state index in [1.165, 1.54) is 0 Å². The molecule has 0 spiro atoms. The van der Waals surface area contributed by atoms with Gasteiger partial charge < -0.3 is 0 Å². The molecule has 0 bridgehead atoms. The molecule has 0 aliphatic rings. The first kappa shape index (κ1) is 13.6. The van der Waals surface area contributed by atoms with Crippen molar-refractivity contribution in [2.75, 3.05) is 0 Å². The Labute approximate surface area is 124 Å². The maximum Gasteiger partial charge on any atom is 0.168 e. The number of carbonyl (C=O) groups excluding carboxylic acids is 1. The Morgan fingerprint density at radius 1 is 1.11 bits per heavy atom. The second-order valence-corrected chi connectivity index (χ2v) is 5.51. The van der Waals surface area contributed by atoms with Crippen molar-refractivity contribution in [3.8, 4) is 0 Å². The van der Waals surface area contributed by atoms with Gasteiger partial charge in [-0.15, -0.1) is 0 Å². The van der Waals surface area contributed by atoms with Crippen molar-refractivity contribution in [3.05, 3.63) is 68.1 Å². The van der Waals surface area contributed by atoms with Crippen LogP contribution < -0.4 is 0 Å². The normalized spacial score (nSPS) is 10.4. The van der Waals surface area contributed by atoms with Gasteiger partial charge in [0, 0.05) is 26.5 Å². The van der Waals surface area contributed by atoms with Gasteiger partial charge in [0.15, 0.2) is 5.78 Å². The van der Waals surface area contributed by atoms with Crippen molar-refractivity contribution in [2.24, 2.45) is 0 Å². The van der Waals surface area contributed by atoms with Gasteiger partial charge in [-0.3, -0.25) is 4.79 Å². The molecule has 2 aromatic carbocycles. The van der Waals surface area contributed by atoms with E-state index in [-0.39, 0.29) is 12.2 Å². The van der Waals surface area contributed by atoms with E-state index in [9.17, 15) is 4.79 Å². The molecule has 0 atom stereocenters. The minimum Gasteiger partial charge on any atom is -0.294 e. The third kappa shape index (κ3) is 3.14. The molecule has 0 radical (unpaired) electrons. The monoisotopic (exact) mass is 342 g/mol. The second kappa shape index (κ2) is 5.87. The van der Waals surface area contributed by atoms with E-state index in [0.29, 0.717) is 15.6 Å². The van der Waals surface area contributed by atoms with E-state index in [0.717, 1.165) is 10.0 Å². The van der Waals surface area contributed by atoms with Gasteiger partial charge >= 0.3 is 0 Å². The average molecular weight is 344 g/mol. The summed E-state index contributed by atoms with van der Waals surface area (Å²) in [5, 5.41) is 1.14. The molecule has 0 unspecified atom stereocenters. The molecule has 0 aromatic heterocycles. The number of benzene rings is 2. The number of ketones is 1. The van der Waals surface area contributed by atoms with Crippen LogP contribution in [0.25, 0.3) is 0 Å². The minimum atomic E-state index is -0.0162. The number of Topliss-reactive ketones (excluding diaryl/α,β-unsaturated/α-hetero) is 1.